The molecule has 30 heteroatoms. The van der Waals surface area contributed by atoms with Gasteiger partial charge in [0.05, 0.1) is 71.5 Å². The quantitative estimate of drug-likeness (QED) is 0.0472. The van der Waals surface area contributed by atoms with Crippen LogP contribution in [0.5, 0.6) is 11.8 Å². The van der Waals surface area contributed by atoms with Crippen LogP contribution in [0.1, 0.15) is 54.6 Å². The molecule has 0 radical (unpaired) electrons. The van der Waals surface area contributed by atoms with Gasteiger partial charge in [0.2, 0.25) is 11.8 Å². The highest BCUT2D eigenvalue weighted by molar-refractivity contribution is 5.93. The zero-order valence-electron chi connectivity index (χ0n) is 48.0. The van der Waals surface area contributed by atoms with Crippen molar-refractivity contribution in [2.75, 3.05) is 27.4 Å². The number of fused-ring (bicyclic) bond motifs is 2. The van der Waals surface area contributed by atoms with E-state index in [0.717, 1.165) is 24.3 Å². The summed E-state index contributed by atoms with van der Waals surface area (Å²) in [6.07, 6.45) is 8.36. The topological polar surface area (TPSA) is 260 Å². The lowest BCUT2D eigenvalue weighted by Crippen LogP contribution is -2.11. The number of rotatable bonds is 22. The molecule has 2 N–H and O–H groups in total. The largest absolute Gasteiger partial charge is 0.478 e. The van der Waals surface area contributed by atoms with Crippen molar-refractivity contribution >= 4 is 34.0 Å². The fourth-order valence-corrected chi connectivity index (χ4v) is 9.66. The molecule has 8 aromatic heterocycles. The fourth-order valence-electron chi connectivity index (χ4n) is 9.66. The molecule has 0 unspecified atom stereocenters. The Labute approximate surface area is 513 Å². The number of hydrogen-bond donors (Lipinski definition) is 2. The predicted octanol–water partition coefficient (Wildman–Crippen LogP) is 10.3. The summed E-state index contributed by atoms with van der Waals surface area (Å²) in [6.45, 7) is 0.448. The Morgan fingerprint density at radius 1 is 0.500 bits per heavy atom. The Kier molecular flexibility index (Phi) is 18.4. The van der Waals surface area contributed by atoms with Gasteiger partial charge in [0.25, 0.3) is 0 Å². The number of aromatic nitrogens is 14. The van der Waals surface area contributed by atoms with Crippen LogP contribution >= 0.6 is 0 Å². The average molecular weight is 1270 g/mol. The average Bonchev–Trinajstić information content (AvgIpc) is 1.46. The summed E-state index contributed by atoms with van der Waals surface area (Å²) in [4.78, 5) is 48.3. The van der Waals surface area contributed by atoms with Crippen molar-refractivity contribution in [3.63, 3.8) is 0 Å². The number of carboxylic acid groups (broad SMARTS) is 2. The zero-order chi connectivity index (χ0) is 64.7. The molecule has 0 spiro atoms. The van der Waals surface area contributed by atoms with E-state index in [1.807, 2.05) is 0 Å². The summed E-state index contributed by atoms with van der Waals surface area (Å²) in [6, 6.07) is 21.4. The van der Waals surface area contributed by atoms with Crippen LogP contribution in [0.15, 0.2) is 134 Å². The van der Waals surface area contributed by atoms with Gasteiger partial charge in [-0.3, -0.25) is 0 Å². The molecule has 0 bridgehead atoms. The maximum atomic E-state index is 15.5. The number of pyridine rings is 4. The highest BCUT2D eigenvalue weighted by Crippen LogP contribution is 2.34. The van der Waals surface area contributed by atoms with Gasteiger partial charge in [-0.2, -0.15) is 0 Å². The minimum absolute atomic E-state index is 0.0178. The van der Waals surface area contributed by atoms with E-state index in [0.29, 0.717) is 22.8 Å². The van der Waals surface area contributed by atoms with Gasteiger partial charge in [-0.05, 0) is 60.7 Å². The van der Waals surface area contributed by atoms with Crippen molar-refractivity contribution in [2.45, 2.75) is 39.1 Å². The van der Waals surface area contributed by atoms with Crippen LogP contribution in [0.2, 0.25) is 0 Å². The first-order chi connectivity index (χ1) is 44.5. The van der Waals surface area contributed by atoms with Gasteiger partial charge in [-0.15, -0.1) is 10.2 Å². The molecule has 468 valence electrons. The number of hydrogen-bond acceptors (Lipinski definition) is 16. The third-order valence-electron chi connectivity index (χ3n) is 14.2. The maximum Gasteiger partial charge on any atom is 0.335 e. The molecule has 0 aliphatic heterocycles. The first-order valence-electron chi connectivity index (χ1n) is 27.4. The van der Waals surface area contributed by atoms with Crippen molar-refractivity contribution < 1.29 is 73.9 Å². The smallest absolute Gasteiger partial charge is 0.335 e. The number of imidazole rings is 2. The first-order valence-corrected chi connectivity index (χ1v) is 27.4. The molecule has 22 nitrogen and oxygen atoms in total. The van der Waals surface area contributed by atoms with Crippen molar-refractivity contribution in [3.05, 3.63) is 226 Å². The molecule has 0 fully saturated rings. The van der Waals surface area contributed by atoms with Crippen LogP contribution in [-0.4, -0.2) is 119 Å². The lowest BCUT2D eigenvalue weighted by Gasteiger charge is -2.13. The molecule has 0 amide bonds. The predicted molar refractivity (Wildman–Crippen MR) is 309 cm³/mol. The van der Waals surface area contributed by atoms with E-state index in [2.05, 4.69) is 50.5 Å². The number of carbonyl (C=O) groups is 2. The van der Waals surface area contributed by atoms with Crippen LogP contribution in [0.4, 0.5) is 35.1 Å². The Bertz CT molecular complexity index is 4400. The molecule has 12 aromatic rings. The molecule has 92 heavy (non-hydrogen) atoms. The van der Waals surface area contributed by atoms with E-state index in [9.17, 15) is 28.6 Å². The van der Waals surface area contributed by atoms with E-state index in [1.165, 1.54) is 93.6 Å². The van der Waals surface area contributed by atoms with Crippen molar-refractivity contribution in [1.82, 2.24) is 69.0 Å². The van der Waals surface area contributed by atoms with Crippen LogP contribution in [0.3, 0.4) is 0 Å². The van der Waals surface area contributed by atoms with Crippen LogP contribution in [0.25, 0.3) is 56.2 Å². The minimum atomic E-state index is -1.47. The van der Waals surface area contributed by atoms with Crippen molar-refractivity contribution in [2.24, 2.45) is 0 Å². The Hall–Kier alpha value is -11.4. The van der Waals surface area contributed by atoms with Gasteiger partial charge in [0.15, 0.2) is 46.5 Å². The van der Waals surface area contributed by atoms with Gasteiger partial charge in [0.1, 0.15) is 47.5 Å². The monoisotopic (exact) mass is 1270 g/mol. The van der Waals surface area contributed by atoms with Crippen LogP contribution in [-0.2, 0) is 48.6 Å². The van der Waals surface area contributed by atoms with E-state index in [-0.39, 0.29) is 108 Å². The summed E-state index contributed by atoms with van der Waals surface area (Å²) in [5.41, 5.74) is -1.82. The molecule has 8 heterocycles. The Morgan fingerprint density at radius 2 is 0.924 bits per heavy atom. The second kappa shape index (κ2) is 27.1. The number of carboxylic acids is 2. The van der Waals surface area contributed by atoms with Crippen molar-refractivity contribution in [3.8, 4) is 45.9 Å². The van der Waals surface area contributed by atoms with Crippen molar-refractivity contribution in [1.29, 1.82) is 0 Å². The van der Waals surface area contributed by atoms with Gasteiger partial charge >= 0.3 is 11.9 Å². The third kappa shape index (κ3) is 13.3. The molecule has 12 rings (SSSR count). The Balaban J connectivity index is 0.000000188. The van der Waals surface area contributed by atoms with Crippen LogP contribution < -0.4 is 9.47 Å². The zero-order valence-corrected chi connectivity index (χ0v) is 48.0. The van der Waals surface area contributed by atoms with Gasteiger partial charge in [0, 0.05) is 98.1 Å². The van der Waals surface area contributed by atoms with E-state index in [1.54, 1.807) is 49.1 Å². The number of methoxy groups -OCH3 is 2. The van der Waals surface area contributed by atoms with Gasteiger partial charge in [-0.25, -0.2) is 84.0 Å². The number of ether oxygens (including phenoxy) is 4. The van der Waals surface area contributed by atoms with Crippen LogP contribution in [0, 0.1) is 46.5 Å². The molecule has 0 saturated carbocycles. The lowest BCUT2D eigenvalue weighted by molar-refractivity contribution is 0.0686. The van der Waals surface area contributed by atoms with Gasteiger partial charge in [-0.1, -0.05) is 34.7 Å². The van der Waals surface area contributed by atoms with Gasteiger partial charge < -0.3 is 38.3 Å². The van der Waals surface area contributed by atoms with E-state index in [4.69, 9.17) is 18.9 Å². The highest BCUT2D eigenvalue weighted by Gasteiger charge is 2.27. The molecular weight excluding hydrogens is 1220 g/mol. The summed E-state index contributed by atoms with van der Waals surface area (Å²) in [5, 5.41) is 33.9. The molecule has 0 saturated heterocycles. The normalized spacial score (nSPS) is 11.3. The molecule has 0 aliphatic rings. The summed E-state index contributed by atoms with van der Waals surface area (Å²) in [5.74, 6) is -11.2. The number of halogens is 8. The SMILES string of the molecule is COCCn1c(Cc2c(F)cc(-c3cccc(OCc4ccc(-n5ccnn5)nc4)n3)c(F)c2F)nc2c(F)cc(C(=O)O)cc21.COCCn1c(Cc2c(F)cc(-c3cccc(OCc4ccc(-n5ccnn5)nc4)n3)c(F)c2F)nc2c(F)cc(C(=O)O)cc21. The molecule has 4 aromatic carbocycles. The van der Waals surface area contributed by atoms with E-state index >= 15 is 26.3 Å². The second-order valence-corrected chi connectivity index (χ2v) is 20.0. The highest BCUT2D eigenvalue weighted by atomic mass is 19.2. The summed E-state index contributed by atoms with van der Waals surface area (Å²) in [7, 11) is 2.83. The second-order valence-electron chi connectivity index (χ2n) is 20.0. The summed E-state index contributed by atoms with van der Waals surface area (Å²) >= 11 is 0. The molecule has 0 aliphatic carbocycles. The third-order valence-corrected chi connectivity index (χ3v) is 14.2. The summed E-state index contributed by atoms with van der Waals surface area (Å²) < 4.78 is 150. The minimum Gasteiger partial charge on any atom is -0.478 e. The number of benzene rings is 4. The number of aromatic carboxylic acids is 2. The standard InChI is InChI=1S/2C31H23F4N7O4/c2*1-45-10-9-41-24-12-18(31(43)44)11-22(33)30(24)39-26(41)14-19-21(32)13-20(29(35)28(19)34)23-3-2-4-27(38-23)46-16-17-5-6-25(36-15-17)42-8-7-37-40-42/h2*2-8,11-13,15H,9-10,14,16H2,1H3,(H,43,44). The fraction of sp³-hybridized carbons (Fsp3) is 0.161. The maximum absolute atomic E-state index is 15.5. The Morgan fingerprint density at radius 3 is 1.28 bits per heavy atom. The lowest BCUT2D eigenvalue weighted by atomic mass is 10.0. The number of nitrogens with zero attached hydrogens (tertiary/aromatic N) is 14. The molecule has 0 atom stereocenters. The first kappa shape index (κ1) is 62.2. The van der Waals surface area contributed by atoms with E-state index < -0.39 is 93.6 Å². The molecular formula is C62H46F8N14O8.